The van der Waals surface area contributed by atoms with Gasteiger partial charge in [-0.05, 0) is 36.6 Å². The van der Waals surface area contributed by atoms with Gasteiger partial charge in [0.2, 0.25) is 0 Å². The Balaban J connectivity index is 2.27. The maximum absolute atomic E-state index is 11.2. The maximum Gasteiger partial charge on any atom is 0.339 e. The van der Waals surface area contributed by atoms with E-state index in [1.165, 1.54) is 6.20 Å². The lowest BCUT2D eigenvalue weighted by molar-refractivity contribution is 0.0694. The predicted octanol–water partition coefficient (Wildman–Crippen LogP) is 3.26. The van der Waals surface area contributed by atoms with Crippen LogP contribution in [0.25, 0.3) is 12.2 Å². The summed E-state index contributed by atoms with van der Waals surface area (Å²) in [6.45, 7) is 6.29. The predicted molar refractivity (Wildman–Crippen MR) is 87.4 cm³/mol. The third-order valence-electron chi connectivity index (χ3n) is 3.08. The highest BCUT2D eigenvalue weighted by molar-refractivity contribution is 5.88. The number of hydrogen-bond acceptors (Lipinski definition) is 5. The third-order valence-corrected chi connectivity index (χ3v) is 3.08. The van der Waals surface area contributed by atoms with Gasteiger partial charge in [0, 0.05) is 12.4 Å². The fraction of sp³-hybridized carbons (Fsp3) is 0.294. The molecule has 0 atom stereocenters. The lowest BCUT2D eigenvalue weighted by Gasteiger charge is -2.08. The number of rotatable bonds is 6. The monoisotopic (exact) mass is 313 g/mol. The van der Waals surface area contributed by atoms with Crippen LogP contribution in [0.5, 0.6) is 5.75 Å². The molecule has 2 rings (SSSR count). The molecule has 120 valence electrons. The Morgan fingerprint density at radius 2 is 2.09 bits per heavy atom. The first-order valence-electron chi connectivity index (χ1n) is 7.37. The summed E-state index contributed by atoms with van der Waals surface area (Å²) in [7, 11) is 0. The lowest BCUT2D eigenvalue weighted by Crippen LogP contribution is -2.08. The Morgan fingerprint density at radius 3 is 2.74 bits per heavy atom. The first-order chi connectivity index (χ1) is 11.0. The van der Waals surface area contributed by atoms with Crippen molar-refractivity contribution in [1.82, 2.24) is 15.0 Å². The zero-order valence-electron chi connectivity index (χ0n) is 13.4. The quantitative estimate of drug-likeness (QED) is 0.881. The molecule has 23 heavy (non-hydrogen) atoms. The van der Waals surface area contributed by atoms with Gasteiger partial charge >= 0.3 is 5.97 Å². The second-order valence-electron chi connectivity index (χ2n) is 5.21. The van der Waals surface area contributed by atoms with Crippen LogP contribution in [0.4, 0.5) is 0 Å². The van der Waals surface area contributed by atoms with Gasteiger partial charge in [-0.3, -0.25) is 4.98 Å². The largest absolute Gasteiger partial charge is 0.492 e. The van der Waals surface area contributed by atoms with Gasteiger partial charge in [-0.1, -0.05) is 13.8 Å². The van der Waals surface area contributed by atoms with Crippen LogP contribution in [0.3, 0.4) is 0 Å². The minimum Gasteiger partial charge on any atom is -0.492 e. The first kappa shape index (κ1) is 16.6. The molecule has 0 aliphatic rings. The van der Waals surface area contributed by atoms with Crippen molar-refractivity contribution in [1.29, 1.82) is 0 Å². The molecule has 0 amide bonds. The van der Waals surface area contributed by atoms with Crippen molar-refractivity contribution >= 4 is 18.1 Å². The van der Waals surface area contributed by atoms with Crippen LogP contribution in [0.2, 0.25) is 0 Å². The summed E-state index contributed by atoms with van der Waals surface area (Å²) in [4.78, 5) is 23.7. The molecular formula is C17H19N3O3. The number of pyridine rings is 1. The molecule has 0 saturated heterocycles. The van der Waals surface area contributed by atoms with E-state index in [-0.39, 0.29) is 11.5 Å². The van der Waals surface area contributed by atoms with Crippen LogP contribution in [0.1, 0.15) is 54.1 Å². The van der Waals surface area contributed by atoms with Gasteiger partial charge in [0.25, 0.3) is 0 Å². The molecule has 6 heteroatoms. The molecule has 0 saturated carbocycles. The SMILES string of the molecule is CCOc1cncc(/C=C/c2ncc(C(=O)O)c(C(C)C)n2)c1. The van der Waals surface area contributed by atoms with Crippen molar-refractivity contribution < 1.29 is 14.6 Å². The molecule has 0 bridgehead atoms. The van der Waals surface area contributed by atoms with E-state index in [1.807, 2.05) is 32.9 Å². The van der Waals surface area contributed by atoms with Crippen molar-refractivity contribution in [3.63, 3.8) is 0 Å². The van der Waals surface area contributed by atoms with Crippen molar-refractivity contribution in [3.05, 3.63) is 47.3 Å². The average Bonchev–Trinajstić information content (AvgIpc) is 2.53. The van der Waals surface area contributed by atoms with Crippen molar-refractivity contribution in [2.45, 2.75) is 26.7 Å². The molecule has 0 spiro atoms. The molecule has 0 aromatic carbocycles. The number of carboxylic acid groups (broad SMARTS) is 1. The Labute approximate surface area is 134 Å². The smallest absolute Gasteiger partial charge is 0.339 e. The molecule has 6 nitrogen and oxygen atoms in total. The van der Waals surface area contributed by atoms with Gasteiger partial charge in [0.05, 0.1) is 24.1 Å². The number of ether oxygens (including phenoxy) is 1. The fourth-order valence-corrected chi connectivity index (χ4v) is 2.04. The van der Waals surface area contributed by atoms with Crippen molar-refractivity contribution in [2.24, 2.45) is 0 Å². The second kappa shape index (κ2) is 7.49. The molecule has 2 aromatic rings. The van der Waals surface area contributed by atoms with E-state index in [2.05, 4.69) is 15.0 Å². The zero-order valence-corrected chi connectivity index (χ0v) is 13.4. The van der Waals surface area contributed by atoms with Gasteiger partial charge < -0.3 is 9.84 Å². The van der Waals surface area contributed by atoms with E-state index in [0.29, 0.717) is 23.9 Å². The van der Waals surface area contributed by atoms with Crippen LogP contribution >= 0.6 is 0 Å². The molecular weight excluding hydrogens is 294 g/mol. The number of nitrogens with zero attached hydrogens (tertiary/aromatic N) is 3. The van der Waals surface area contributed by atoms with Crippen molar-refractivity contribution in [3.8, 4) is 5.75 Å². The lowest BCUT2D eigenvalue weighted by atomic mass is 10.1. The first-order valence-corrected chi connectivity index (χ1v) is 7.37. The van der Waals surface area contributed by atoms with Crippen LogP contribution in [0, 0.1) is 0 Å². The van der Waals surface area contributed by atoms with Crippen LogP contribution in [-0.4, -0.2) is 32.6 Å². The molecule has 2 aromatic heterocycles. The van der Waals surface area contributed by atoms with Gasteiger partial charge in [-0.2, -0.15) is 0 Å². The van der Waals surface area contributed by atoms with Crippen LogP contribution in [0.15, 0.2) is 24.7 Å². The maximum atomic E-state index is 11.2. The molecule has 1 N–H and O–H groups in total. The summed E-state index contributed by atoms with van der Waals surface area (Å²) < 4.78 is 5.40. The number of carbonyl (C=O) groups is 1. The summed E-state index contributed by atoms with van der Waals surface area (Å²) in [5, 5.41) is 9.17. The van der Waals surface area contributed by atoms with Crippen molar-refractivity contribution in [2.75, 3.05) is 6.61 Å². The minimum atomic E-state index is -1.02. The Hall–Kier alpha value is -2.76. The van der Waals surface area contributed by atoms with Gasteiger partial charge in [0.15, 0.2) is 5.82 Å². The second-order valence-corrected chi connectivity index (χ2v) is 5.21. The van der Waals surface area contributed by atoms with Gasteiger partial charge in [0.1, 0.15) is 5.75 Å². The van der Waals surface area contributed by atoms with E-state index in [9.17, 15) is 9.90 Å². The topological polar surface area (TPSA) is 85.2 Å². The summed E-state index contributed by atoms with van der Waals surface area (Å²) in [6, 6.07) is 1.86. The van der Waals surface area contributed by atoms with E-state index >= 15 is 0 Å². The number of carboxylic acids is 1. The standard InChI is InChI=1S/C17H19N3O3/c1-4-23-13-7-12(8-18-9-13)5-6-15-19-10-14(17(21)22)16(20-15)11(2)3/h5-11H,4H2,1-3H3,(H,21,22)/b6-5+. The molecule has 0 aliphatic heterocycles. The highest BCUT2D eigenvalue weighted by Crippen LogP contribution is 2.18. The Kier molecular flexibility index (Phi) is 5.41. The molecule has 0 aliphatic carbocycles. The molecule has 0 unspecified atom stereocenters. The molecule has 0 fully saturated rings. The van der Waals surface area contributed by atoms with E-state index in [0.717, 1.165) is 5.56 Å². The highest BCUT2D eigenvalue weighted by atomic mass is 16.5. The fourth-order valence-electron chi connectivity index (χ4n) is 2.04. The molecule has 2 heterocycles. The third kappa shape index (κ3) is 4.35. The normalized spacial score (nSPS) is 11.1. The van der Waals surface area contributed by atoms with E-state index in [4.69, 9.17) is 4.74 Å². The number of aromatic carboxylic acids is 1. The van der Waals surface area contributed by atoms with E-state index < -0.39 is 5.97 Å². The Morgan fingerprint density at radius 1 is 1.30 bits per heavy atom. The van der Waals surface area contributed by atoms with Crippen LogP contribution < -0.4 is 4.74 Å². The van der Waals surface area contributed by atoms with Gasteiger partial charge in [-0.25, -0.2) is 14.8 Å². The Bertz CT molecular complexity index is 727. The summed E-state index contributed by atoms with van der Waals surface area (Å²) in [5.74, 6) is 0.136. The van der Waals surface area contributed by atoms with E-state index in [1.54, 1.807) is 18.5 Å². The summed E-state index contributed by atoms with van der Waals surface area (Å²) >= 11 is 0. The number of aromatic nitrogens is 3. The van der Waals surface area contributed by atoms with Gasteiger partial charge in [-0.15, -0.1) is 0 Å². The number of hydrogen-bond donors (Lipinski definition) is 1. The minimum absolute atomic E-state index is 0.000742. The summed E-state index contributed by atoms with van der Waals surface area (Å²) in [6.07, 6.45) is 8.24. The molecule has 0 radical (unpaired) electrons. The average molecular weight is 313 g/mol. The summed E-state index contributed by atoms with van der Waals surface area (Å²) in [5.41, 5.74) is 1.51. The van der Waals surface area contributed by atoms with Crippen LogP contribution in [-0.2, 0) is 0 Å². The highest BCUT2D eigenvalue weighted by Gasteiger charge is 2.15. The zero-order chi connectivity index (χ0) is 16.8.